The Kier molecular flexibility index (Phi) is 4.80. The van der Waals surface area contributed by atoms with Crippen molar-refractivity contribution in [1.29, 1.82) is 0 Å². The molecule has 152 valence electrons. The summed E-state index contributed by atoms with van der Waals surface area (Å²) in [6.07, 6.45) is 1.70. The number of imidazole rings is 1. The maximum atomic E-state index is 12.2. The molecular weight excluding hydrogens is 378 g/mol. The third-order valence-electron chi connectivity index (χ3n) is 5.57. The lowest BCUT2D eigenvalue weighted by Gasteiger charge is -2.26. The van der Waals surface area contributed by atoms with E-state index < -0.39 is 0 Å². The fraction of sp³-hybridized carbons (Fsp3) is 0.261. The number of aromatic nitrogens is 3. The Labute approximate surface area is 173 Å². The number of pyridine rings is 1. The van der Waals surface area contributed by atoms with Gasteiger partial charge in [-0.15, -0.1) is 0 Å². The quantitative estimate of drug-likeness (QED) is 0.500. The number of nitrogens with two attached hydrogens (primary N) is 1. The number of nitrogen functional groups attached to an aromatic ring is 1. The van der Waals surface area contributed by atoms with Gasteiger partial charge in [0, 0.05) is 17.5 Å². The molecule has 7 nitrogen and oxygen atoms in total. The highest BCUT2D eigenvalue weighted by Gasteiger charge is 2.26. The summed E-state index contributed by atoms with van der Waals surface area (Å²) >= 11 is 0. The molecule has 0 radical (unpaired) electrons. The molecule has 2 aromatic carbocycles. The van der Waals surface area contributed by atoms with Gasteiger partial charge in [-0.25, -0.2) is 9.97 Å². The standard InChI is InChI=1S/C23H23N5O2/c24-22-20-21(17-10-4-5-11-18(17)26-22)28-16(13-30-14-19(28)27-20)9-6-12-25-23(29)15-7-2-1-3-8-15/h1-5,7-8,10-11,16H,6,9,12-14H2,(H2,24,26)(H,25,29)/t16-/m0/s1. The van der Waals surface area contributed by atoms with Gasteiger partial charge in [0.15, 0.2) is 5.82 Å². The number of ether oxygens (including phenoxy) is 1. The first-order valence-electron chi connectivity index (χ1n) is 10.2. The summed E-state index contributed by atoms with van der Waals surface area (Å²) in [7, 11) is 0. The van der Waals surface area contributed by atoms with Crippen molar-refractivity contribution in [3.05, 3.63) is 66.0 Å². The summed E-state index contributed by atoms with van der Waals surface area (Å²) in [5.41, 5.74) is 9.51. The van der Waals surface area contributed by atoms with Crippen LogP contribution >= 0.6 is 0 Å². The largest absolute Gasteiger partial charge is 0.382 e. The van der Waals surface area contributed by atoms with E-state index in [0.29, 0.717) is 31.1 Å². The van der Waals surface area contributed by atoms with Crippen LogP contribution in [-0.2, 0) is 11.3 Å². The molecular formula is C23H23N5O2. The van der Waals surface area contributed by atoms with Gasteiger partial charge in [-0.3, -0.25) is 4.79 Å². The normalized spacial score (nSPS) is 15.9. The highest BCUT2D eigenvalue weighted by atomic mass is 16.5. The van der Waals surface area contributed by atoms with E-state index in [2.05, 4.69) is 20.9 Å². The lowest BCUT2D eigenvalue weighted by molar-refractivity contribution is 0.0533. The number of nitrogens with one attached hydrogen (secondary N) is 1. The molecule has 0 fully saturated rings. The van der Waals surface area contributed by atoms with Crippen LogP contribution in [0.2, 0.25) is 0 Å². The molecule has 0 unspecified atom stereocenters. The van der Waals surface area contributed by atoms with E-state index in [-0.39, 0.29) is 11.9 Å². The molecule has 0 aliphatic carbocycles. The summed E-state index contributed by atoms with van der Waals surface area (Å²) in [6.45, 7) is 1.68. The maximum Gasteiger partial charge on any atom is 0.251 e. The van der Waals surface area contributed by atoms with Crippen molar-refractivity contribution < 1.29 is 9.53 Å². The highest BCUT2D eigenvalue weighted by Crippen LogP contribution is 2.34. The van der Waals surface area contributed by atoms with E-state index in [1.807, 2.05) is 48.5 Å². The Morgan fingerprint density at radius 2 is 1.93 bits per heavy atom. The first-order valence-corrected chi connectivity index (χ1v) is 10.2. The summed E-state index contributed by atoms with van der Waals surface area (Å²) in [4.78, 5) is 21.5. The fourth-order valence-corrected chi connectivity index (χ4v) is 4.17. The molecule has 0 saturated carbocycles. The van der Waals surface area contributed by atoms with Crippen LogP contribution in [0.5, 0.6) is 0 Å². The van der Waals surface area contributed by atoms with Crippen LogP contribution in [0.15, 0.2) is 54.6 Å². The van der Waals surface area contributed by atoms with Gasteiger partial charge in [-0.1, -0.05) is 36.4 Å². The Balaban J connectivity index is 1.37. The second-order valence-corrected chi connectivity index (χ2v) is 7.54. The molecule has 0 saturated heterocycles. The molecule has 1 amide bonds. The molecule has 5 rings (SSSR count). The third-order valence-corrected chi connectivity index (χ3v) is 5.57. The van der Waals surface area contributed by atoms with Crippen LogP contribution in [0.1, 0.15) is 35.1 Å². The SMILES string of the molecule is Nc1nc2ccccc2c2c1nc1n2[C@@H](CCCNC(=O)c2ccccc2)COC1. The van der Waals surface area contributed by atoms with Gasteiger partial charge in [-0.05, 0) is 31.0 Å². The van der Waals surface area contributed by atoms with Crippen molar-refractivity contribution in [1.82, 2.24) is 19.9 Å². The van der Waals surface area contributed by atoms with Gasteiger partial charge in [0.25, 0.3) is 5.91 Å². The molecule has 7 heteroatoms. The smallest absolute Gasteiger partial charge is 0.251 e. The minimum atomic E-state index is -0.0471. The third kappa shape index (κ3) is 3.27. The second-order valence-electron chi connectivity index (χ2n) is 7.54. The zero-order chi connectivity index (χ0) is 20.5. The van der Waals surface area contributed by atoms with Crippen LogP contribution in [0.25, 0.3) is 21.9 Å². The van der Waals surface area contributed by atoms with E-state index in [9.17, 15) is 4.79 Å². The lowest BCUT2D eigenvalue weighted by Crippen LogP contribution is -2.27. The summed E-state index contributed by atoms with van der Waals surface area (Å²) in [5.74, 6) is 1.27. The molecule has 0 bridgehead atoms. The predicted molar refractivity (Wildman–Crippen MR) is 116 cm³/mol. The number of benzene rings is 2. The number of hydrogen-bond acceptors (Lipinski definition) is 5. The second kappa shape index (κ2) is 7.76. The van der Waals surface area contributed by atoms with Crippen LogP contribution in [0.3, 0.4) is 0 Å². The monoisotopic (exact) mass is 401 g/mol. The van der Waals surface area contributed by atoms with Gasteiger partial charge in [-0.2, -0.15) is 0 Å². The van der Waals surface area contributed by atoms with Crippen molar-refractivity contribution in [2.75, 3.05) is 18.9 Å². The fourth-order valence-electron chi connectivity index (χ4n) is 4.17. The van der Waals surface area contributed by atoms with Crippen LogP contribution < -0.4 is 11.1 Å². The minimum absolute atomic E-state index is 0.0471. The molecule has 0 spiro atoms. The Bertz CT molecular complexity index is 1220. The van der Waals surface area contributed by atoms with Gasteiger partial charge >= 0.3 is 0 Å². The molecule has 2 aromatic heterocycles. The number of para-hydroxylation sites is 1. The molecule has 1 aliphatic rings. The van der Waals surface area contributed by atoms with Gasteiger partial charge in [0.1, 0.15) is 17.9 Å². The van der Waals surface area contributed by atoms with Crippen molar-refractivity contribution in [3.8, 4) is 0 Å². The number of nitrogens with zero attached hydrogens (tertiary/aromatic N) is 3. The molecule has 1 atom stereocenters. The number of carbonyl (C=O) groups is 1. The molecule has 3 heterocycles. The first kappa shape index (κ1) is 18.6. The Morgan fingerprint density at radius 1 is 1.13 bits per heavy atom. The number of rotatable bonds is 5. The highest BCUT2D eigenvalue weighted by molar-refractivity contribution is 6.06. The number of hydrogen-bond donors (Lipinski definition) is 2. The number of amides is 1. The van der Waals surface area contributed by atoms with Crippen molar-refractivity contribution in [2.24, 2.45) is 0 Å². The Morgan fingerprint density at radius 3 is 2.80 bits per heavy atom. The van der Waals surface area contributed by atoms with Crippen molar-refractivity contribution in [2.45, 2.75) is 25.5 Å². The van der Waals surface area contributed by atoms with Crippen molar-refractivity contribution in [3.63, 3.8) is 0 Å². The van der Waals surface area contributed by atoms with Crippen LogP contribution in [-0.4, -0.2) is 33.6 Å². The Hall–Kier alpha value is -3.45. The summed E-state index contributed by atoms with van der Waals surface area (Å²) < 4.78 is 8.07. The van der Waals surface area contributed by atoms with Gasteiger partial charge < -0.3 is 20.4 Å². The van der Waals surface area contributed by atoms with E-state index in [4.69, 9.17) is 15.5 Å². The van der Waals surface area contributed by atoms with E-state index >= 15 is 0 Å². The summed E-state index contributed by atoms with van der Waals surface area (Å²) in [5, 5.41) is 4.04. The van der Waals surface area contributed by atoms with Crippen LogP contribution in [0.4, 0.5) is 5.82 Å². The minimum Gasteiger partial charge on any atom is -0.382 e. The maximum absolute atomic E-state index is 12.2. The molecule has 4 aromatic rings. The molecule has 30 heavy (non-hydrogen) atoms. The van der Waals surface area contributed by atoms with E-state index in [1.165, 1.54) is 0 Å². The molecule has 1 aliphatic heterocycles. The van der Waals surface area contributed by atoms with Crippen molar-refractivity contribution >= 4 is 33.7 Å². The van der Waals surface area contributed by atoms with Gasteiger partial charge in [0.05, 0.1) is 23.7 Å². The number of carbonyl (C=O) groups excluding carboxylic acids is 1. The average Bonchev–Trinajstić information content (AvgIpc) is 3.19. The number of anilines is 1. The zero-order valence-corrected chi connectivity index (χ0v) is 16.5. The average molecular weight is 401 g/mol. The number of fused-ring (bicyclic) bond motifs is 5. The van der Waals surface area contributed by atoms with Crippen LogP contribution in [0, 0.1) is 0 Å². The predicted octanol–water partition coefficient (Wildman–Crippen LogP) is 3.45. The van der Waals surface area contributed by atoms with E-state index in [0.717, 1.165) is 40.6 Å². The first-order chi connectivity index (χ1) is 14.7. The lowest BCUT2D eigenvalue weighted by atomic mass is 10.1. The topological polar surface area (TPSA) is 95.1 Å². The van der Waals surface area contributed by atoms with E-state index in [1.54, 1.807) is 0 Å². The van der Waals surface area contributed by atoms with Gasteiger partial charge in [0.2, 0.25) is 0 Å². The molecule has 3 N–H and O–H groups in total. The summed E-state index contributed by atoms with van der Waals surface area (Å²) in [6, 6.07) is 17.4. The zero-order valence-electron chi connectivity index (χ0n) is 16.5.